The molecule has 0 saturated heterocycles. The fraction of sp³-hybridized carbons (Fsp3) is 0.889. The van der Waals surface area contributed by atoms with Gasteiger partial charge in [-0.05, 0) is 26.7 Å². The molecule has 11 nitrogen and oxygen atoms in total. The second-order valence-electron chi connectivity index (χ2n) is 7.28. The van der Waals surface area contributed by atoms with Crippen LogP contribution in [-0.4, -0.2) is 85.4 Å². The molecule has 15 heteroatoms. The molecule has 0 spiro atoms. The molecule has 0 aliphatic heterocycles. The van der Waals surface area contributed by atoms with Crippen molar-refractivity contribution in [3.63, 3.8) is 0 Å². The lowest BCUT2D eigenvalue weighted by Crippen LogP contribution is -2.39. The van der Waals surface area contributed by atoms with E-state index in [0.29, 0.717) is 6.42 Å². The van der Waals surface area contributed by atoms with Crippen LogP contribution in [-0.2, 0) is 33.8 Å². The van der Waals surface area contributed by atoms with E-state index in [2.05, 4.69) is 10.6 Å². The lowest BCUT2D eigenvalue weighted by atomic mass is 9.91. The van der Waals surface area contributed by atoms with Crippen molar-refractivity contribution >= 4 is 22.0 Å². The molecule has 0 fully saturated rings. The number of rotatable bonds is 18. The molecule has 0 saturated carbocycles. The Morgan fingerprint density at radius 1 is 0.848 bits per heavy atom. The number of hydrogen-bond donors (Lipinski definition) is 3. The molecule has 2 amide bonds. The number of esters is 1. The molecule has 196 valence electrons. The van der Waals surface area contributed by atoms with Crippen LogP contribution in [0.15, 0.2) is 0 Å². The summed E-state index contributed by atoms with van der Waals surface area (Å²) in [4.78, 5) is 23.3. The van der Waals surface area contributed by atoms with Gasteiger partial charge in [0.25, 0.3) is 0 Å². The first-order chi connectivity index (χ1) is 15.3. The zero-order chi connectivity index (χ0) is 25.4. The average molecular weight is 510 g/mol. The Labute approximate surface area is 192 Å². The van der Waals surface area contributed by atoms with Crippen LogP contribution in [0.25, 0.3) is 0 Å². The second-order valence-corrected chi connectivity index (χ2v) is 9.04. The first-order valence-electron chi connectivity index (χ1n) is 10.3. The van der Waals surface area contributed by atoms with Gasteiger partial charge in [-0.3, -0.25) is 4.79 Å². The van der Waals surface area contributed by atoms with Crippen molar-refractivity contribution in [2.24, 2.45) is 5.41 Å². The number of halogens is 3. The molecular weight excluding hydrogens is 475 g/mol. The number of sulfonamides is 1. The van der Waals surface area contributed by atoms with Crippen molar-refractivity contribution in [1.29, 1.82) is 0 Å². The minimum atomic E-state index is -5.33. The Hall–Kier alpha value is -1.68. The molecule has 0 aromatic heterocycles. The van der Waals surface area contributed by atoms with E-state index in [0.717, 1.165) is 0 Å². The number of alkyl halides is 3. The first kappa shape index (κ1) is 31.3. The Balaban J connectivity index is 3.47. The third kappa shape index (κ3) is 15.0. The summed E-state index contributed by atoms with van der Waals surface area (Å²) in [7, 11) is -5.32. The Bertz CT molecular complexity index is 675. The van der Waals surface area contributed by atoms with Gasteiger partial charge >= 0.3 is 27.5 Å². The fourth-order valence-electron chi connectivity index (χ4n) is 1.80. The van der Waals surface area contributed by atoms with Crippen molar-refractivity contribution in [1.82, 2.24) is 15.4 Å². The normalized spacial score (nSPS) is 12.4. The van der Waals surface area contributed by atoms with Gasteiger partial charge in [-0.15, -0.1) is 0 Å². The van der Waals surface area contributed by atoms with Crippen molar-refractivity contribution in [3.8, 4) is 0 Å². The molecule has 0 heterocycles. The van der Waals surface area contributed by atoms with E-state index in [9.17, 15) is 31.2 Å². The van der Waals surface area contributed by atoms with E-state index in [1.807, 2.05) is 6.92 Å². The van der Waals surface area contributed by atoms with Gasteiger partial charge in [0.15, 0.2) is 0 Å². The van der Waals surface area contributed by atoms with E-state index in [1.54, 1.807) is 13.8 Å². The number of carbonyl (C=O) groups is 2. The minimum absolute atomic E-state index is 0.0534. The SMILES string of the molecule is CCC(C)(C)C(=O)OCCNC(=O)NCOCCOCCOCCCNS(=O)(=O)C(F)(F)F. The van der Waals surface area contributed by atoms with Gasteiger partial charge in [0.1, 0.15) is 13.3 Å². The molecule has 0 unspecified atom stereocenters. The Morgan fingerprint density at radius 3 is 2.00 bits per heavy atom. The van der Waals surface area contributed by atoms with E-state index in [4.69, 9.17) is 18.9 Å². The highest BCUT2D eigenvalue weighted by Gasteiger charge is 2.45. The zero-order valence-corrected chi connectivity index (χ0v) is 19.9. The maximum Gasteiger partial charge on any atom is 0.511 e. The van der Waals surface area contributed by atoms with E-state index >= 15 is 0 Å². The first-order valence-corrected chi connectivity index (χ1v) is 11.8. The van der Waals surface area contributed by atoms with Gasteiger partial charge in [-0.1, -0.05) is 6.92 Å². The van der Waals surface area contributed by atoms with Crippen LogP contribution in [0.5, 0.6) is 0 Å². The predicted octanol–water partition coefficient (Wildman–Crippen LogP) is 1.10. The van der Waals surface area contributed by atoms with Crippen LogP contribution in [0.2, 0.25) is 0 Å². The number of hydrogen-bond acceptors (Lipinski definition) is 8. The Kier molecular flexibility index (Phi) is 15.2. The van der Waals surface area contributed by atoms with Crippen LogP contribution in [0.4, 0.5) is 18.0 Å². The fourth-order valence-corrected chi connectivity index (χ4v) is 2.38. The third-order valence-electron chi connectivity index (χ3n) is 4.20. The smallest absolute Gasteiger partial charge is 0.463 e. The highest BCUT2D eigenvalue weighted by molar-refractivity contribution is 7.90. The number of urea groups is 1. The Morgan fingerprint density at radius 2 is 1.42 bits per heavy atom. The molecule has 0 bridgehead atoms. The lowest BCUT2D eigenvalue weighted by Gasteiger charge is -2.20. The maximum absolute atomic E-state index is 12.1. The van der Waals surface area contributed by atoms with Crippen molar-refractivity contribution in [3.05, 3.63) is 0 Å². The van der Waals surface area contributed by atoms with Gasteiger partial charge in [-0.2, -0.15) is 13.2 Å². The summed E-state index contributed by atoms with van der Waals surface area (Å²) in [6.45, 7) is 6.10. The second kappa shape index (κ2) is 16.0. The topological polar surface area (TPSA) is 141 Å². The van der Waals surface area contributed by atoms with Crippen LogP contribution in [0.3, 0.4) is 0 Å². The summed E-state index contributed by atoms with van der Waals surface area (Å²) in [6.07, 6.45) is 0.722. The number of nitrogens with one attached hydrogen (secondary N) is 3. The van der Waals surface area contributed by atoms with Gasteiger partial charge < -0.3 is 29.6 Å². The zero-order valence-electron chi connectivity index (χ0n) is 19.1. The molecule has 0 rings (SSSR count). The van der Waals surface area contributed by atoms with Crippen LogP contribution < -0.4 is 15.4 Å². The number of amides is 2. The van der Waals surface area contributed by atoms with Crippen molar-refractivity contribution < 1.29 is 50.1 Å². The van der Waals surface area contributed by atoms with E-state index < -0.39 is 27.0 Å². The molecule has 0 aromatic carbocycles. The predicted molar refractivity (Wildman–Crippen MR) is 112 cm³/mol. The van der Waals surface area contributed by atoms with Gasteiger partial charge in [0.2, 0.25) is 0 Å². The lowest BCUT2D eigenvalue weighted by molar-refractivity contribution is -0.153. The highest BCUT2D eigenvalue weighted by Crippen LogP contribution is 2.21. The van der Waals surface area contributed by atoms with Gasteiger partial charge in [-0.25, -0.2) is 17.9 Å². The third-order valence-corrected chi connectivity index (χ3v) is 5.39. The summed E-state index contributed by atoms with van der Waals surface area (Å²) in [5, 5.41) is 4.96. The summed E-state index contributed by atoms with van der Waals surface area (Å²) in [5.41, 5.74) is -5.89. The monoisotopic (exact) mass is 509 g/mol. The standard InChI is InChI=1S/C18H34F3N3O8S/c1-4-17(2,3)15(25)32-9-7-22-16(26)23-14-31-13-12-30-11-10-29-8-5-6-24-33(27,28)18(19,20)21/h24H,4-14H2,1-3H3,(H2,22,23,26). The summed E-state index contributed by atoms with van der Waals surface area (Å²) in [6, 6.07) is -0.479. The van der Waals surface area contributed by atoms with Crippen molar-refractivity contribution in [2.75, 3.05) is 59.5 Å². The van der Waals surface area contributed by atoms with E-state index in [1.165, 1.54) is 4.72 Å². The van der Waals surface area contributed by atoms with E-state index in [-0.39, 0.29) is 71.9 Å². The summed E-state index contributed by atoms with van der Waals surface area (Å²) in [5.74, 6) is -0.325. The number of ether oxygens (including phenoxy) is 4. The van der Waals surface area contributed by atoms with Crippen molar-refractivity contribution in [2.45, 2.75) is 39.1 Å². The molecule has 0 radical (unpaired) electrons. The maximum atomic E-state index is 12.1. The quantitative estimate of drug-likeness (QED) is 0.142. The van der Waals surface area contributed by atoms with Crippen LogP contribution in [0, 0.1) is 5.41 Å². The molecule has 0 atom stereocenters. The summed E-state index contributed by atoms with van der Waals surface area (Å²) < 4.78 is 79.7. The van der Waals surface area contributed by atoms with Crippen LogP contribution >= 0.6 is 0 Å². The largest absolute Gasteiger partial charge is 0.511 e. The minimum Gasteiger partial charge on any atom is -0.463 e. The molecule has 0 aliphatic carbocycles. The highest BCUT2D eigenvalue weighted by atomic mass is 32.2. The molecule has 3 N–H and O–H groups in total. The number of carbonyl (C=O) groups excluding carboxylic acids is 2. The van der Waals surface area contributed by atoms with Gasteiger partial charge in [0.05, 0.1) is 38.4 Å². The average Bonchev–Trinajstić information content (AvgIpc) is 2.73. The molecule has 0 aromatic rings. The van der Waals surface area contributed by atoms with Gasteiger partial charge in [0, 0.05) is 13.2 Å². The molecule has 33 heavy (non-hydrogen) atoms. The summed E-state index contributed by atoms with van der Waals surface area (Å²) >= 11 is 0. The molecular formula is C18H34F3N3O8S. The molecule has 0 aliphatic rings. The van der Waals surface area contributed by atoms with Crippen LogP contribution in [0.1, 0.15) is 33.6 Å².